The van der Waals surface area contributed by atoms with Crippen LogP contribution in [-0.2, 0) is 0 Å². The van der Waals surface area contributed by atoms with E-state index in [4.69, 9.17) is 15.2 Å². The van der Waals surface area contributed by atoms with Crippen molar-refractivity contribution in [3.63, 3.8) is 0 Å². The molecular weight excluding hydrogens is 432 g/mol. The molecular formula is C25H32N6O3. The molecule has 1 aromatic heterocycles. The summed E-state index contributed by atoms with van der Waals surface area (Å²) in [6.45, 7) is 7.79. The standard InChI is InChI=1S/C25H32N6O3/c1-18(2)34-22-8-6-7-19(17-22)23(32)31-24(26)28-25(29-31)27-20-9-11-21(12-10-20)33-16-15-30-13-4-3-5-14-30/h6-12,17-18H,3-5,13-16H2,1-2H3,(H3,26,27,28,29). The van der Waals surface area contributed by atoms with E-state index < -0.39 is 0 Å². The minimum atomic E-state index is -0.385. The van der Waals surface area contributed by atoms with Gasteiger partial charge in [0.2, 0.25) is 11.9 Å². The molecule has 1 aliphatic rings. The highest BCUT2D eigenvalue weighted by Crippen LogP contribution is 2.21. The number of nitrogens with two attached hydrogens (primary N) is 1. The van der Waals surface area contributed by atoms with E-state index in [-0.39, 0.29) is 23.9 Å². The largest absolute Gasteiger partial charge is 0.492 e. The van der Waals surface area contributed by atoms with E-state index >= 15 is 0 Å². The lowest BCUT2D eigenvalue weighted by Crippen LogP contribution is -2.33. The highest BCUT2D eigenvalue weighted by Gasteiger charge is 2.17. The lowest BCUT2D eigenvalue weighted by atomic mass is 10.1. The van der Waals surface area contributed by atoms with Crippen molar-refractivity contribution in [2.45, 2.75) is 39.2 Å². The molecule has 3 aromatic rings. The number of likely N-dealkylation sites (tertiary alicyclic amines) is 1. The molecule has 1 fully saturated rings. The third-order valence-corrected chi connectivity index (χ3v) is 5.51. The SMILES string of the molecule is CC(C)Oc1cccc(C(=O)n2nc(Nc3ccc(OCCN4CCCCC4)cc3)nc2N)c1. The number of nitrogens with one attached hydrogen (secondary N) is 1. The maximum atomic E-state index is 12.9. The third-order valence-electron chi connectivity index (χ3n) is 5.51. The summed E-state index contributed by atoms with van der Waals surface area (Å²) in [5.74, 6) is 1.26. The Kier molecular flexibility index (Phi) is 7.64. The van der Waals surface area contributed by atoms with Gasteiger partial charge in [0.05, 0.1) is 6.10 Å². The number of hydrogen-bond acceptors (Lipinski definition) is 8. The van der Waals surface area contributed by atoms with E-state index in [0.29, 0.717) is 17.9 Å². The zero-order valence-corrected chi connectivity index (χ0v) is 19.7. The van der Waals surface area contributed by atoms with Gasteiger partial charge >= 0.3 is 0 Å². The number of nitrogens with zero attached hydrogens (tertiary/aromatic N) is 4. The minimum Gasteiger partial charge on any atom is -0.492 e. The van der Waals surface area contributed by atoms with Crippen LogP contribution in [0.5, 0.6) is 11.5 Å². The first-order valence-corrected chi connectivity index (χ1v) is 11.7. The first-order chi connectivity index (χ1) is 16.5. The van der Waals surface area contributed by atoms with Crippen LogP contribution >= 0.6 is 0 Å². The number of anilines is 3. The van der Waals surface area contributed by atoms with Gasteiger partial charge < -0.3 is 20.5 Å². The fraction of sp³-hybridized carbons (Fsp3) is 0.400. The van der Waals surface area contributed by atoms with Crippen LogP contribution in [0.2, 0.25) is 0 Å². The molecule has 9 nitrogen and oxygen atoms in total. The van der Waals surface area contributed by atoms with Gasteiger partial charge in [0, 0.05) is 17.8 Å². The monoisotopic (exact) mass is 464 g/mol. The van der Waals surface area contributed by atoms with E-state index in [1.165, 1.54) is 19.3 Å². The van der Waals surface area contributed by atoms with Gasteiger partial charge in [-0.2, -0.15) is 9.67 Å². The van der Waals surface area contributed by atoms with E-state index in [1.807, 2.05) is 38.1 Å². The summed E-state index contributed by atoms with van der Waals surface area (Å²) in [4.78, 5) is 19.5. The van der Waals surface area contributed by atoms with Crippen LogP contribution in [0, 0.1) is 0 Å². The zero-order chi connectivity index (χ0) is 23.9. The second-order valence-corrected chi connectivity index (χ2v) is 8.61. The van der Waals surface area contributed by atoms with Crippen molar-refractivity contribution in [2.24, 2.45) is 0 Å². The van der Waals surface area contributed by atoms with E-state index in [0.717, 1.165) is 35.8 Å². The van der Waals surface area contributed by atoms with Crippen molar-refractivity contribution in [1.82, 2.24) is 19.7 Å². The van der Waals surface area contributed by atoms with Crippen LogP contribution in [-0.4, -0.2) is 57.9 Å². The number of hydrogen-bond donors (Lipinski definition) is 2. The number of benzene rings is 2. The van der Waals surface area contributed by atoms with Crippen molar-refractivity contribution in [1.29, 1.82) is 0 Å². The van der Waals surface area contributed by atoms with Crippen LogP contribution in [0.15, 0.2) is 48.5 Å². The number of ether oxygens (including phenoxy) is 2. The van der Waals surface area contributed by atoms with Crippen LogP contribution in [0.3, 0.4) is 0 Å². The third kappa shape index (κ3) is 6.26. The predicted molar refractivity (Wildman–Crippen MR) is 132 cm³/mol. The van der Waals surface area contributed by atoms with Gasteiger partial charge in [0.1, 0.15) is 18.1 Å². The van der Waals surface area contributed by atoms with Gasteiger partial charge in [-0.05, 0) is 82.2 Å². The van der Waals surface area contributed by atoms with E-state index in [2.05, 4.69) is 20.3 Å². The summed E-state index contributed by atoms with van der Waals surface area (Å²) in [7, 11) is 0. The van der Waals surface area contributed by atoms with Crippen LogP contribution in [0.25, 0.3) is 0 Å². The second kappa shape index (κ2) is 11.0. The average molecular weight is 465 g/mol. The Balaban J connectivity index is 1.34. The fourth-order valence-corrected chi connectivity index (χ4v) is 3.86. The van der Waals surface area contributed by atoms with E-state index in [9.17, 15) is 4.79 Å². The van der Waals surface area contributed by atoms with Gasteiger partial charge in [-0.3, -0.25) is 9.69 Å². The summed E-state index contributed by atoms with van der Waals surface area (Å²) < 4.78 is 12.6. The normalized spacial score (nSPS) is 14.2. The lowest BCUT2D eigenvalue weighted by Gasteiger charge is -2.26. The summed E-state index contributed by atoms with van der Waals surface area (Å²) in [5.41, 5.74) is 7.14. The number of aromatic nitrogens is 3. The maximum absolute atomic E-state index is 12.9. The molecule has 180 valence electrons. The first-order valence-electron chi connectivity index (χ1n) is 11.7. The Hall–Kier alpha value is -3.59. The van der Waals surface area contributed by atoms with Crippen LogP contribution in [0.1, 0.15) is 43.5 Å². The number of carbonyl (C=O) groups is 1. The molecule has 2 heterocycles. The fourth-order valence-electron chi connectivity index (χ4n) is 3.86. The molecule has 0 amide bonds. The maximum Gasteiger partial charge on any atom is 0.281 e. The lowest BCUT2D eigenvalue weighted by molar-refractivity contribution is 0.0947. The quantitative estimate of drug-likeness (QED) is 0.490. The molecule has 0 aliphatic carbocycles. The Bertz CT molecular complexity index is 1090. The van der Waals surface area contributed by atoms with Crippen LogP contribution in [0.4, 0.5) is 17.6 Å². The molecule has 0 unspecified atom stereocenters. The van der Waals surface area contributed by atoms with Gasteiger partial charge in [0.25, 0.3) is 5.91 Å². The molecule has 4 rings (SSSR count). The molecule has 34 heavy (non-hydrogen) atoms. The molecule has 0 radical (unpaired) electrons. The predicted octanol–water partition coefficient (Wildman–Crippen LogP) is 3.94. The smallest absolute Gasteiger partial charge is 0.281 e. The molecule has 2 aromatic carbocycles. The minimum absolute atomic E-state index is 0.000321. The highest BCUT2D eigenvalue weighted by atomic mass is 16.5. The van der Waals surface area contributed by atoms with Crippen molar-refractivity contribution in [3.8, 4) is 11.5 Å². The number of rotatable bonds is 9. The molecule has 0 spiro atoms. The zero-order valence-electron chi connectivity index (χ0n) is 19.7. The summed E-state index contributed by atoms with van der Waals surface area (Å²) in [5, 5.41) is 7.32. The van der Waals surface area contributed by atoms with Crippen molar-refractivity contribution < 1.29 is 14.3 Å². The Morgan fingerprint density at radius 1 is 1.09 bits per heavy atom. The van der Waals surface area contributed by atoms with Gasteiger partial charge in [-0.1, -0.05) is 12.5 Å². The molecule has 1 saturated heterocycles. The first kappa shape index (κ1) is 23.6. The second-order valence-electron chi connectivity index (χ2n) is 8.61. The molecule has 0 bridgehead atoms. The molecule has 9 heteroatoms. The van der Waals surface area contributed by atoms with Crippen LogP contribution < -0.4 is 20.5 Å². The van der Waals surface area contributed by atoms with Crippen molar-refractivity contribution in [3.05, 3.63) is 54.1 Å². The Morgan fingerprint density at radius 3 is 2.59 bits per heavy atom. The summed E-state index contributed by atoms with van der Waals surface area (Å²) >= 11 is 0. The molecule has 0 atom stereocenters. The highest BCUT2D eigenvalue weighted by molar-refractivity contribution is 5.97. The van der Waals surface area contributed by atoms with E-state index in [1.54, 1.807) is 24.3 Å². The summed E-state index contributed by atoms with van der Waals surface area (Å²) in [6.07, 6.45) is 3.89. The Morgan fingerprint density at radius 2 is 1.85 bits per heavy atom. The topological polar surface area (TPSA) is 108 Å². The summed E-state index contributed by atoms with van der Waals surface area (Å²) in [6, 6.07) is 14.5. The molecule has 0 saturated carbocycles. The van der Waals surface area contributed by atoms with Gasteiger partial charge in [-0.15, -0.1) is 5.10 Å². The van der Waals surface area contributed by atoms with Crippen molar-refractivity contribution >= 4 is 23.5 Å². The number of piperidine rings is 1. The average Bonchev–Trinajstić information content (AvgIpc) is 3.20. The molecule has 3 N–H and O–H groups in total. The number of nitrogen functional groups attached to an aromatic ring is 1. The van der Waals surface area contributed by atoms with Gasteiger partial charge in [0.15, 0.2) is 0 Å². The van der Waals surface area contributed by atoms with Crippen molar-refractivity contribution in [2.75, 3.05) is 37.3 Å². The Labute approximate surface area is 199 Å². The number of carbonyl (C=O) groups excluding carboxylic acids is 1. The van der Waals surface area contributed by atoms with Gasteiger partial charge in [-0.25, -0.2) is 0 Å². The molecule has 1 aliphatic heterocycles.